The fourth-order valence-electron chi connectivity index (χ4n) is 2.85. The van der Waals surface area contributed by atoms with E-state index in [1.54, 1.807) is 6.08 Å². The second-order valence-electron chi connectivity index (χ2n) is 5.74. The van der Waals surface area contributed by atoms with E-state index >= 15 is 0 Å². The van der Waals surface area contributed by atoms with Crippen molar-refractivity contribution in [2.75, 3.05) is 13.1 Å². The van der Waals surface area contributed by atoms with Crippen LogP contribution in [0.25, 0.3) is 6.08 Å². The first kappa shape index (κ1) is 14.6. The molecule has 0 radical (unpaired) electrons. The molecule has 1 aromatic carbocycles. The molecule has 22 heavy (non-hydrogen) atoms. The van der Waals surface area contributed by atoms with Gasteiger partial charge in [-0.1, -0.05) is 30.3 Å². The maximum Gasteiger partial charge on any atom is 0.246 e. The molecule has 1 aliphatic heterocycles. The summed E-state index contributed by atoms with van der Waals surface area (Å²) in [6, 6.07) is 11.9. The predicted molar refractivity (Wildman–Crippen MR) is 87.0 cm³/mol. The van der Waals surface area contributed by atoms with Crippen LogP contribution in [-0.2, 0) is 11.3 Å². The monoisotopic (exact) mass is 295 g/mol. The van der Waals surface area contributed by atoms with Gasteiger partial charge in [0.2, 0.25) is 5.91 Å². The topological polar surface area (TPSA) is 38.1 Å². The van der Waals surface area contributed by atoms with E-state index in [2.05, 4.69) is 5.10 Å². The molecular formula is C18H21N3O. The van der Waals surface area contributed by atoms with E-state index in [0.717, 1.165) is 38.0 Å². The number of nitrogens with zero attached hydrogens (tertiary/aromatic N) is 3. The van der Waals surface area contributed by atoms with E-state index in [-0.39, 0.29) is 5.91 Å². The molecule has 2 heterocycles. The Kier molecular flexibility index (Phi) is 4.68. The molecule has 114 valence electrons. The lowest BCUT2D eigenvalue weighted by atomic mass is 9.97. The van der Waals surface area contributed by atoms with Crippen LogP contribution in [0.3, 0.4) is 0 Å². The van der Waals surface area contributed by atoms with Crippen molar-refractivity contribution in [3.63, 3.8) is 0 Å². The van der Waals surface area contributed by atoms with Crippen LogP contribution in [0, 0.1) is 5.92 Å². The van der Waals surface area contributed by atoms with Gasteiger partial charge in [0.15, 0.2) is 0 Å². The lowest BCUT2D eigenvalue weighted by Gasteiger charge is -2.31. The van der Waals surface area contributed by atoms with Crippen LogP contribution >= 0.6 is 0 Å². The van der Waals surface area contributed by atoms with Gasteiger partial charge in [0, 0.05) is 38.1 Å². The van der Waals surface area contributed by atoms with E-state index in [4.69, 9.17) is 0 Å². The molecule has 3 rings (SSSR count). The molecule has 1 amide bonds. The largest absolute Gasteiger partial charge is 0.339 e. The molecule has 1 aliphatic rings. The van der Waals surface area contributed by atoms with Crippen molar-refractivity contribution in [1.29, 1.82) is 0 Å². The summed E-state index contributed by atoms with van der Waals surface area (Å²) in [4.78, 5) is 14.2. The SMILES string of the molecule is O=C(/C=C/c1ccccc1)N1CCC(Cn2cccn2)CC1. The fraction of sp³-hybridized carbons (Fsp3) is 0.333. The maximum absolute atomic E-state index is 12.2. The summed E-state index contributed by atoms with van der Waals surface area (Å²) < 4.78 is 1.98. The molecule has 0 atom stereocenters. The lowest BCUT2D eigenvalue weighted by molar-refractivity contribution is -0.127. The Balaban J connectivity index is 1.48. The van der Waals surface area contributed by atoms with Gasteiger partial charge < -0.3 is 4.90 Å². The third-order valence-electron chi connectivity index (χ3n) is 4.15. The molecule has 0 aliphatic carbocycles. The van der Waals surface area contributed by atoms with Crippen LogP contribution in [0.2, 0.25) is 0 Å². The van der Waals surface area contributed by atoms with E-state index in [1.807, 2.05) is 64.4 Å². The molecule has 2 aromatic rings. The van der Waals surface area contributed by atoms with Crippen molar-refractivity contribution in [1.82, 2.24) is 14.7 Å². The standard InChI is InChI=1S/C18H21N3O/c22-18(8-7-16-5-2-1-3-6-16)20-13-9-17(10-14-20)15-21-12-4-11-19-21/h1-8,11-12,17H,9-10,13-15H2/b8-7+. The lowest BCUT2D eigenvalue weighted by Crippen LogP contribution is -2.38. The van der Waals surface area contributed by atoms with Gasteiger partial charge in [-0.05, 0) is 36.5 Å². The maximum atomic E-state index is 12.2. The van der Waals surface area contributed by atoms with Crippen LogP contribution in [0.1, 0.15) is 18.4 Å². The Bertz CT molecular complexity index is 611. The van der Waals surface area contributed by atoms with E-state index in [0.29, 0.717) is 5.92 Å². The minimum absolute atomic E-state index is 0.112. The van der Waals surface area contributed by atoms with Gasteiger partial charge in [-0.3, -0.25) is 9.48 Å². The molecule has 4 heteroatoms. The van der Waals surface area contributed by atoms with Gasteiger partial charge in [-0.2, -0.15) is 5.10 Å². The molecule has 4 nitrogen and oxygen atoms in total. The van der Waals surface area contributed by atoms with Gasteiger partial charge in [0.05, 0.1) is 0 Å². The second-order valence-corrected chi connectivity index (χ2v) is 5.74. The number of piperidine rings is 1. The Labute approximate surface area is 131 Å². The quantitative estimate of drug-likeness (QED) is 0.814. The average molecular weight is 295 g/mol. The predicted octanol–water partition coefficient (Wildman–Crippen LogP) is 2.84. The van der Waals surface area contributed by atoms with Crippen molar-refractivity contribution in [3.8, 4) is 0 Å². The number of rotatable bonds is 4. The van der Waals surface area contributed by atoms with Crippen LogP contribution in [0.15, 0.2) is 54.9 Å². The molecule has 0 N–H and O–H groups in total. The molecule has 1 aromatic heterocycles. The highest BCUT2D eigenvalue weighted by Crippen LogP contribution is 2.19. The summed E-state index contributed by atoms with van der Waals surface area (Å²) >= 11 is 0. The smallest absolute Gasteiger partial charge is 0.246 e. The number of likely N-dealkylation sites (tertiary alicyclic amines) is 1. The molecule has 0 unspecified atom stereocenters. The molecular weight excluding hydrogens is 274 g/mol. The highest BCUT2D eigenvalue weighted by molar-refractivity contribution is 5.91. The Morgan fingerprint density at radius 3 is 2.64 bits per heavy atom. The van der Waals surface area contributed by atoms with Crippen molar-refractivity contribution in [2.24, 2.45) is 5.92 Å². The zero-order chi connectivity index (χ0) is 15.2. The number of carbonyl (C=O) groups excluding carboxylic acids is 1. The fourth-order valence-corrected chi connectivity index (χ4v) is 2.85. The van der Waals surface area contributed by atoms with E-state index in [1.165, 1.54) is 0 Å². The summed E-state index contributed by atoms with van der Waals surface area (Å²) in [5.74, 6) is 0.725. The third-order valence-corrected chi connectivity index (χ3v) is 4.15. The Hall–Kier alpha value is -2.36. The second kappa shape index (κ2) is 7.07. The van der Waals surface area contributed by atoms with Crippen LogP contribution in [0.4, 0.5) is 0 Å². The number of benzene rings is 1. The van der Waals surface area contributed by atoms with Gasteiger partial charge >= 0.3 is 0 Å². The number of hydrogen-bond donors (Lipinski definition) is 0. The first-order chi connectivity index (χ1) is 10.8. The van der Waals surface area contributed by atoms with Crippen LogP contribution in [0.5, 0.6) is 0 Å². The molecule has 0 spiro atoms. The van der Waals surface area contributed by atoms with Gasteiger partial charge in [0.1, 0.15) is 0 Å². The number of carbonyl (C=O) groups is 1. The van der Waals surface area contributed by atoms with E-state index < -0.39 is 0 Å². The first-order valence-corrected chi connectivity index (χ1v) is 7.81. The first-order valence-electron chi connectivity index (χ1n) is 7.81. The minimum Gasteiger partial charge on any atom is -0.339 e. The van der Waals surface area contributed by atoms with Gasteiger partial charge in [0.25, 0.3) is 0 Å². The average Bonchev–Trinajstić information content (AvgIpc) is 3.07. The van der Waals surface area contributed by atoms with Crippen molar-refractivity contribution in [2.45, 2.75) is 19.4 Å². The molecule has 1 fully saturated rings. The van der Waals surface area contributed by atoms with E-state index in [9.17, 15) is 4.79 Å². The van der Waals surface area contributed by atoms with Crippen molar-refractivity contribution < 1.29 is 4.79 Å². The number of hydrogen-bond acceptors (Lipinski definition) is 2. The van der Waals surface area contributed by atoms with Crippen LogP contribution in [-0.4, -0.2) is 33.7 Å². The van der Waals surface area contributed by atoms with Gasteiger partial charge in [-0.25, -0.2) is 0 Å². The summed E-state index contributed by atoms with van der Waals surface area (Å²) in [6.07, 6.45) is 9.48. The summed E-state index contributed by atoms with van der Waals surface area (Å²) in [6.45, 7) is 2.63. The van der Waals surface area contributed by atoms with Gasteiger partial charge in [-0.15, -0.1) is 0 Å². The Morgan fingerprint density at radius 1 is 1.18 bits per heavy atom. The minimum atomic E-state index is 0.112. The zero-order valence-corrected chi connectivity index (χ0v) is 12.6. The summed E-state index contributed by atoms with van der Waals surface area (Å²) in [5.41, 5.74) is 1.06. The molecule has 0 bridgehead atoms. The zero-order valence-electron chi connectivity index (χ0n) is 12.6. The third kappa shape index (κ3) is 3.85. The van der Waals surface area contributed by atoms with Crippen molar-refractivity contribution >= 4 is 12.0 Å². The van der Waals surface area contributed by atoms with Crippen LogP contribution < -0.4 is 0 Å². The normalized spacial score (nSPS) is 16.3. The molecule has 0 saturated carbocycles. The number of amides is 1. The summed E-state index contributed by atoms with van der Waals surface area (Å²) in [7, 11) is 0. The number of aromatic nitrogens is 2. The van der Waals surface area contributed by atoms with Crippen molar-refractivity contribution in [3.05, 3.63) is 60.4 Å². The highest BCUT2D eigenvalue weighted by Gasteiger charge is 2.21. The molecule has 1 saturated heterocycles. The highest BCUT2D eigenvalue weighted by atomic mass is 16.2. The Morgan fingerprint density at radius 2 is 1.95 bits per heavy atom. The summed E-state index contributed by atoms with van der Waals surface area (Å²) in [5, 5.41) is 4.25.